The Morgan fingerprint density at radius 1 is 1.42 bits per heavy atom. The number of aryl methyl sites for hydroxylation is 1. The van der Waals surface area contributed by atoms with E-state index in [1.165, 1.54) is 19.5 Å². The van der Waals surface area contributed by atoms with Gasteiger partial charge in [0.2, 0.25) is 0 Å². The van der Waals surface area contributed by atoms with Crippen LogP contribution in [-0.2, 0) is 11.3 Å². The van der Waals surface area contributed by atoms with E-state index in [2.05, 4.69) is 19.8 Å². The molecule has 0 aliphatic carbocycles. The van der Waals surface area contributed by atoms with Crippen LogP contribution in [0.5, 0.6) is 0 Å². The van der Waals surface area contributed by atoms with Gasteiger partial charge in [0.25, 0.3) is 0 Å². The van der Waals surface area contributed by atoms with E-state index in [4.69, 9.17) is 0 Å². The molecular formula is C12H12N4O3. The summed E-state index contributed by atoms with van der Waals surface area (Å²) in [5.74, 6) is -0.530. The van der Waals surface area contributed by atoms with E-state index < -0.39 is 5.97 Å². The van der Waals surface area contributed by atoms with E-state index in [9.17, 15) is 9.59 Å². The molecule has 0 fully saturated rings. The molecule has 2 aromatic heterocycles. The number of ether oxygens (including phenoxy) is 1. The van der Waals surface area contributed by atoms with Gasteiger partial charge in [-0.15, -0.1) is 0 Å². The number of nitrogens with zero attached hydrogens (tertiary/aromatic N) is 4. The molecule has 0 unspecified atom stereocenters. The molecule has 0 saturated carbocycles. The summed E-state index contributed by atoms with van der Waals surface area (Å²) in [5, 5.41) is 4.09. The SMILES string of the molecule is COC(=O)c1cnc(Cn2cc(C)c(C=O)n2)cn1. The second-order valence-corrected chi connectivity index (χ2v) is 3.90. The number of aromatic nitrogens is 4. The van der Waals surface area contributed by atoms with Crippen molar-refractivity contribution in [1.29, 1.82) is 0 Å². The van der Waals surface area contributed by atoms with Gasteiger partial charge in [0.05, 0.1) is 31.7 Å². The Balaban J connectivity index is 2.14. The molecule has 0 aliphatic heterocycles. The first kappa shape index (κ1) is 12.9. The Bertz CT molecular complexity index is 604. The first-order valence-electron chi connectivity index (χ1n) is 5.52. The molecule has 0 spiro atoms. The summed E-state index contributed by atoms with van der Waals surface area (Å²) in [7, 11) is 1.28. The van der Waals surface area contributed by atoms with Gasteiger partial charge in [-0.2, -0.15) is 5.10 Å². The molecular weight excluding hydrogens is 248 g/mol. The lowest BCUT2D eigenvalue weighted by Crippen LogP contribution is -2.08. The van der Waals surface area contributed by atoms with E-state index in [-0.39, 0.29) is 5.69 Å². The predicted octanol–water partition coefficient (Wildman–Crippen LogP) is 0.629. The second-order valence-electron chi connectivity index (χ2n) is 3.90. The second kappa shape index (κ2) is 5.38. The molecule has 0 N–H and O–H groups in total. The topological polar surface area (TPSA) is 87.0 Å². The smallest absolute Gasteiger partial charge is 0.358 e. The number of hydrogen-bond acceptors (Lipinski definition) is 6. The minimum Gasteiger partial charge on any atom is -0.464 e. The zero-order valence-corrected chi connectivity index (χ0v) is 10.5. The molecule has 19 heavy (non-hydrogen) atoms. The minimum atomic E-state index is -0.530. The van der Waals surface area contributed by atoms with E-state index >= 15 is 0 Å². The van der Waals surface area contributed by atoms with Gasteiger partial charge in [-0.05, 0) is 12.5 Å². The Hall–Kier alpha value is -2.57. The molecule has 7 heteroatoms. The summed E-state index contributed by atoms with van der Waals surface area (Å²) in [6.45, 7) is 2.18. The van der Waals surface area contributed by atoms with Crippen molar-refractivity contribution >= 4 is 12.3 Å². The lowest BCUT2D eigenvalue weighted by atomic mass is 10.3. The lowest BCUT2D eigenvalue weighted by molar-refractivity contribution is 0.0593. The van der Waals surface area contributed by atoms with E-state index in [0.717, 1.165) is 5.56 Å². The molecule has 2 heterocycles. The Morgan fingerprint density at radius 2 is 2.21 bits per heavy atom. The zero-order valence-electron chi connectivity index (χ0n) is 10.5. The van der Waals surface area contributed by atoms with Crippen molar-refractivity contribution in [2.24, 2.45) is 0 Å². The number of aldehydes is 1. The molecule has 2 rings (SSSR count). The maximum atomic E-state index is 11.2. The zero-order chi connectivity index (χ0) is 13.8. The number of rotatable bonds is 4. The summed E-state index contributed by atoms with van der Waals surface area (Å²) in [6, 6.07) is 0. The molecule has 7 nitrogen and oxygen atoms in total. The van der Waals surface area contributed by atoms with Crippen molar-refractivity contribution in [1.82, 2.24) is 19.7 Å². The van der Waals surface area contributed by atoms with Crippen molar-refractivity contribution in [3.05, 3.63) is 41.2 Å². The van der Waals surface area contributed by atoms with Gasteiger partial charge >= 0.3 is 5.97 Å². The fourth-order valence-electron chi connectivity index (χ4n) is 1.55. The van der Waals surface area contributed by atoms with Crippen LogP contribution in [0.1, 0.15) is 32.2 Å². The Morgan fingerprint density at radius 3 is 2.74 bits per heavy atom. The summed E-state index contributed by atoms with van der Waals surface area (Å²) in [6.07, 6.45) is 5.28. The fraction of sp³-hybridized carbons (Fsp3) is 0.250. The summed E-state index contributed by atoms with van der Waals surface area (Å²) < 4.78 is 6.13. The number of carbonyl (C=O) groups excluding carboxylic acids is 2. The van der Waals surface area contributed by atoms with Gasteiger partial charge in [-0.1, -0.05) is 0 Å². The van der Waals surface area contributed by atoms with Crippen LogP contribution >= 0.6 is 0 Å². The van der Waals surface area contributed by atoms with Crippen molar-refractivity contribution in [3.63, 3.8) is 0 Å². The van der Waals surface area contributed by atoms with Crippen LogP contribution in [0.4, 0.5) is 0 Å². The van der Waals surface area contributed by atoms with Crippen molar-refractivity contribution < 1.29 is 14.3 Å². The molecule has 0 atom stereocenters. The molecule has 2 aromatic rings. The number of carbonyl (C=O) groups is 2. The highest BCUT2D eigenvalue weighted by atomic mass is 16.5. The Kier molecular flexibility index (Phi) is 3.65. The molecule has 0 radical (unpaired) electrons. The minimum absolute atomic E-state index is 0.150. The van der Waals surface area contributed by atoms with Gasteiger partial charge in [0.15, 0.2) is 12.0 Å². The fourth-order valence-corrected chi connectivity index (χ4v) is 1.55. The van der Waals surface area contributed by atoms with Gasteiger partial charge in [-0.25, -0.2) is 9.78 Å². The van der Waals surface area contributed by atoms with Crippen molar-refractivity contribution in [2.45, 2.75) is 13.5 Å². The first-order chi connectivity index (χ1) is 9.13. The van der Waals surface area contributed by atoms with Gasteiger partial charge < -0.3 is 4.74 Å². The maximum Gasteiger partial charge on any atom is 0.358 e. The van der Waals surface area contributed by atoms with Gasteiger partial charge in [0.1, 0.15) is 5.69 Å². The normalized spacial score (nSPS) is 10.2. The third kappa shape index (κ3) is 2.82. The van der Waals surface area contributed by atoms with Crippen molar-refractivity contribution in [3.8, 4) is 0 Å². The van der Waals surface area contributed by atoms with Crippen molar-refractivity contribution in [2.75, 3.05) is 7.11 Å². The summed E-state index contributed by atoms with van der Waals surface area (Å²) in [5.41, 5.74) is 1.98. The highest BCUT2D eigenvalue weighted by molar-refractivity contribution is 5.86. The van der Waals surface area contributed by atoms with Gasteiger partial charge in [0, 0.05) is 6.20 Å². The third-order valence-electron chi connectivity index (χ3n) is 2.52. The summed E-state index contributed by atoms with van der Waals surface area (Å²) >= 11 is 0. The average molecular weight is 260 g/mol. The van der Waals surface area contributed by atoms with Crippen LogP contribution in [0.3, 0.4) is 0 Å². The molecule has 0 aliphatic rings. The average Bonchev–Trinajstić information content (AvgIpc) is 2.78. The number of hydrogen-bond donors (Lipinski definition) is 0. The highest BCUT2D eigenvalue weighted by Gasteiger charge is 2.09. The van der Waals surface area contributed by atoms with E-state index in [1.807, 2.05) is 0 Å². The van der Waals surface area contributed by atoms with Gasteiger partial charge in [-0.3, -0.25) is 14.5 Å². The van der Waals surface area contributed by atoms with Crippen LogP contribution < -0.4 is 0 Å². The molecule has 0 amide bonds. The van der Waals surface area contributed by atoms with Crippen LogP contribution in [0.25, 0.3) is 0 Å². The maximum absolute atomic E-state index is 11.2. The third-order valence-corrected chi connectivity index (χ3v) is 2.52. The van der Waals surface area contributed by atoms with E-state index in [0.29, 0.717) is 24.2 Å². The first-order valence-corrected chi connectivity index (χ1v) is 5.52. The van der Waals surface area contributed by atoms with Crippen LogP contribution in [0.15, 0.2) is 18.6 Å². The predicted molar refractivity (Wildman–Crippen MR) is 64.8 cm³/mol. The quantitative estimate of drug-likeness (QED) is 0.592. The molecule has 98 valence electrons. The van der Waals surface area contributed by atoms with Crippen LogP contribution in [0.2, 0.25) is 0 Å². The number of methoxy groups -OCH3 is 1. The molecule has 0 bridgehead atoms. The molecule has 0 aromatic carbocycles. The van der Waals surface area contributed by atoms with Crippen LogP contribution in [0, 0.1) is 6.92 Å². The molecule has 0 saturated heterocycles. The van der Waals surface area contributed by atoms with E-state index in [1.54, 1.807) is 17.8 Å². The largest absolute Gasteiger partial charge is 0.464 e. The number of esters is 1. The summed E-state index contributed by atoms with van der Waals surface area (Å²) in [4.78, 5) is 29.9. The Labute approximate surface area is 109 Å². The lowest BCUT2D eigenvalue weighted by Gasteiger charge is -2.01. The van der Waals surface area contributed by atoms with Crippen LogP contribution in [-0.4, -0.2) is 39.1 Å². The standard InChI is InChI=1S/C12H12N4O3/c1-8-5-16(15-11(8)7-17)6-9-3-14-10(4-13-9)12(18)19-2/h3-5,7H,6H2,1-2H3. The highest BCUT2D eigenvalue weighted by Crippen LogP contribution is 2.05. The monoisotopic (exact) mass is 260 g/mol.